The van der Waals surface area contributed by atoms with Gasteiger partial charge in [0.2, 0.25) is 5.82 Å². The van der Waals surface area contributed by atoms with E-state index in [1.54, 1.807) is 24.3 Å². The van der Waals surface area contributed by atoms with Crippen LogP contribution in [0.5, 0.6) is 0 Å². The fraction of sp³-hybridized carbons (Fsp3) is 0. The monoisotopic (exact) mass is 238 g/mol. The summed E-state index contributed by atoms with van der Waals surface area (Å²) in [6.07, 6.45) is 1.11. The van der Waals surface area contributed by atoms with Crippen LogP contribution in [0.3, 0.4) is 0 Å². The molecular formula is C9H7ClN4O2. The molecule has 0 saturated carbocycles. The van der Waals surface area contributed by atoms with Gasteiger partial charge in [-0.3, -0.25) is 10.1 Å². The van der Waals surface area contributed by atoms with Gasteiger partial charge in [0.15, 0.2) is 0 Å². The van der Waals surface area contributed by atoms with E-state index in [2.05, 4.69) is 5.10 Å². The van der Waals surface area contributed by atoms with E-state index in [4.69, 9.17) is 17.3 Å². The third-order valence-electron chi connectivity index (χ3n) is 2.04. The van der Waals surface area contributed by atoms with Crippen molar-refractivity contribution in [1.82, 2.24) is 9.78 Å². The standard InChI is InChI=1S/C9H7ClN4O2/c10-6-2-1-3-7(4-6)13-9(11)8(5-12-13)14(15)16/h1-5H,11H2. The maximum atomic E-state index is 10.6. The molecular weight excluding hydrogens is 232 g/mol. The molecule has 0 saturated heterocycles. The minimum atomic E-state index is -0.580. The summed E-state index contributed by atoms with van der Waals surface area (Å²) in [4.78, 5) is 10.00. The Labute approximate surface area is 95.4 Å². The molecule has 0 fully saturated rings. The average Bonchev–Trinajstić information content (AvgIpc) is 2.60. The van der Waals surface area contributed by atoms with Crippen molar-refractivity contribution in [3.05, 3.63) is 45.6 Å². The van der Waals surface area contributed by atoms with E-state index in [0.29, 0.717) is 10.7 Å². The summed E-state index contributed by atoms with van der Waals surface area (Å²) < 4.78 is 1.27. The Hall–Kier alpha value is -2.08. The molecule has 0 unspecified atom stereocenters. The fourth-order valence-electron chi connectivity index (χ4n) is 1.30. The molecule has 2 aromatic rings. The van der Waals surface area contributed by atoms with Gasteiger partial charge in [-0.2, -0.15) is 5.10 Å². The van der Waals surface area contributed by atoms with Gasteiger partial charge in [-0.15, -0.1) is 0 Å². The van der Waals surface area contributed by atoms with Gasteiger partial charge >= 0.3 is 5.69 Å². The smallest absolute Gasteiger partial charge is 0.331 e. The van der Waals surface area contributed by atoms with Crippen LogP contribution in [-0.2, 0) is 0 Å². The van der Waals surface area contributed by atoms with Crippen molar-refractivity contribution >= 4 is 23.1 Å². The summed E-state index contributed by atoms with van der Waals surface area (Å²) in [7, 11) is 0. The predicted molar refractivity (Wildman–Crippen MR) is 59.6 cm³/mol. The zero-order valence-electron chi connectivity index (χ0n) is 8.00. The van der Waals surface area contributed by atoms with E-state index in [9.17, 15) is 10.1 Å². The van der Waals surface area contributed by atoms with Crippen molar-refractivity contribution in [2.75, 3.05) is 5.73 Å². The average molecular weight is 239 g/mol. The van der Waals surface area contributed by atoms with Crippen LogP contribution in [0.25, 0.3) is 5.69 Å². The molecule has 0 bridgehead atoms. The minimum absolute atomic E-state index is 0.0210. The molecule has 0 aliphatic carbocycles. The number of hydrogen-bond donors (Lipinski definition) is 1. The number of rotatable bonds is 2. The number of nitrogen functional groups attached to an aromatic ring is 1. The Morgan fingerprint density at radius 2 is 2.25 bits per heavy atom. The van der Waals surface area contributed by atoms with Crippen molar-refractivity contribution < 1.29 is 4.92 Å². The Morgan fingerprint density at radius 3 is 2.81 bits per heavy atom. The number of halogens is 1. The summed E-state index contributed by atoms with van der Waals surface area (Å²) in [5.74, 6) is -0.0210. The number of anilines is 1. The lowest BCUT2D eigenvalue weighted by molar-refractivity contribution is -0.383. The third-order valence-corrected chi connectivity index (χ3v) is 2.27. The Morgan fingerprint density at radius 1 is 1.50 bits per heavy atom. The molecule has 1 heterocycles. The van der Waals surface area contributed by atoms with Gasteiger partial charge in [0.1, 0.15) is 6.20 Å². The largest absolute Gasteiger partial charge is 0.378 e. The molecule has 16 heavy (non-hydrogen) atoms. The van der Waals surface area contributed by atoms with Crippen molar-refractivity contribution in [2.24, 2.45) is 0 Å². The lowest BCUT2D eigenvalue weighted by Crippen LogP contribution is -2.02. The molecule has 0 aliphatic heterocycles. The first-order chi connectivity index (χ1) is 7.59. The van der Waals surface area contributed by atoms with Crippen LogP contribution in [0.15, 0.2) is 30.5 Å². The zero-order chi connectivity index (χ0) is 11.7. The molecule has 2 N–H and O–H groups in total. The Bertz CT molecular complexity index is 552. The molecule has 0 amide bonds. The summed E-state index contributed by atoms with van der Waals surface area (Å²) in [6.45, 7) is 0. The van der Waals surface area contributed by atoms with Gasteiger partial charge in [0.05, 0.1) is 10.6 Å². The number of aromatic nitrogens is 2. The second kappa shape index (κ2) is 3.82. The van der Waals surface area contributed by atoms with E-state index in [1.807, 2.05) is 0 Å². The van der Waals surface area contributed by atoms with Gasteiger partial charge in [0.25, 0.3) is 0 Å². The lowest BCUT2D eigenvalue weighted by Gasteiger charge is -2.02. The van der Waals surface area contributed by atoms with Crippen molar-refractivity contribution in [3.63, 3.8) is 0 Å². The summed E-state index contributed by atoms with van der Waals surface area (Å²) in [5.41, 5.74) is 5.96. The topological polar surface area (TPSA) is 87.0 Å². The van der Waals surface area contributed by atoms with Crippen LogP contribution in [0, 0.1) is 10.1 Å². The van der Waals surface area contributed by atoms with Crippen molar-refractivity contribution in [1.29, 1.82) is 0 Å². The van der Waals surface area contributed by atoms with E-state index in [-0.39, 0.29) is 11.5 Å². The third kappa shape index (κ3) is 1.70. The maximum absolute atomic E-state index is 10.6. The molecule has 7 heteroatoms. The molecule has 82 valence electrons. The van der Waals surface area contributed by atoms with Gasteiger partial charge < -0.3 is 5.73 Å². The lowest BCUT2D eigenvalue weighted by atomic mass is 10.3. The SMILES string of the molecule is Nc1c([N+](=O)[O-])cnn1-c1cccc(Cl)c1. The molecule has 0 aliphatic rings. The van der Waals surface area contributed by atoms with Gasteiger partial charge in [0, 0.05) is 5.02 Å². The number of nitro groups is 1. The van der Waals surface area contributed by atoms with Crippen LogP contribution in [-0.4, -0.2) is 14.7 Å². The van der Waals surface area contributed by atoms with Crippen LogP contribution in [0.2, 0.25) is 5.02 Å². The number of hydrogen-bond acceptors (Lipinski definition) is 4. The van der Waals surface area contributed by atoms with E-state index < -0.39 is 4.92 Å². The van der Waals surface area contributed by atoms with Gasteiger partial charge in [-0.25, -0.2) is 4.68 Å². The first-order valence-electron chi connectivity index (χ1n) is 4.33. The van der Waals surface area contributed by atoms with Gasteiger partial charge in [-0.05, 0) is 18.2 Å². The number of benzene rings is 1. The van der Waals surface area contributed by atoms with E-state index >= 15 is 0 Å². The highest BCUT2D eigenvalue weighted by atomic mass is 35.5. The van der Waals surface area contributed by atoms with E-state index in [0.717, 1.165) is 6.20 Å². The second-order valence-electron chi connectivity index (χ2n) is 3.06. The first kappa shape index (κ1) is 10.4. The minimum Gasteiger partial charge on any atom is -0.378 e. The molecule has 0 radical (unpaired) electrons. The maximum Gasteiger partial charge on any atom is 0.331 e. The molecule has 6 nitrogen and oxygen atoms in total. The van der Waals surface area contributed by atoms with Crippen LogP contribution in [0.1, 0.15) is 0 Å². The predicted octanol–water partition coefficient (Wildman–Crippen LogP) is 2.02. The highest BCUT2D eigenvalue weighted by Gasteiger charge is 2.18. The quantitative estimate of drug-likeness (QED) is 0.640. The van der Waals surface area contributed by atoms with E-state index in [1.165, 1.54) is 4.68 Å². The molecule has 1 aromatic carbocycles. The van der Waals surface area contributed by atoms with Crippen molar-refractivity contribution in [2.45, 2.75) is 0 Å². The summed E-state index contributed by atoms with van der Waals surface area (Å²) in [5, 5.41) is 14.9. The van der Waals surface area contributed by atoms with Crippen molar-refractivity contribution in [3.8, 4) is 5.69 Å². The Kier molecular flexibility index (Phi) is 2.49. The fourth-order valence-corrected chi connectivity index (χ4v) is 1.49. The number of nitrogens with two attached hydrogens (primary N) is 1. The summed E-state index contributed by atoms with van der Waals surface area (Å²) in [6, 6.07) is 6.73. The van der Waals surface area contributed by atoms with Crippen LogP contribution < -0.4 is 5.73 Å². The normalized spacial score (nSPS) is 10.3. The van der Waals surface area contributed by atoms with Crippen LogP contribution in [0.4, 0.5) is 11.5 Å². The van der Waals surface area contributed by atoms with Gasteiger partial charge in [-0.1, -0.05) is 17.7 Å². The second-order valence-corrected chi connectivity index (χ2v) is 3.50. The highest BCUT2D eigenvalue weighted by Crippen LogP contribution is 2.24. The molecule has 0 spiro atoms. The van der Waals surface area contributed by atoms with Crippen LogP contribution >= 0.6 is 11.6 Å². The molecule has 1 aromatic heterocycles. The summed E-state index contributed by atoms with van der Waals surface area (Å²) >= 11 is 5.80. The highest BCUT2D eigenvalue weighted by molar-refractivity contribution is 6.30. The first-order valence-corrected chi connectivity index (χ1v) is 4.71. The molecule has 0 atom stereocenters. The number of nitrogens with zero attached hydrogens (tertiary/aromatic N) is 3. The zero-order valence-corrected chi connectivity index (χ0v) is 8.76. The Balaban J connectivity index is 2.53. The molecule has 2 rings (SSSR count).